The minimum Gasteiger partial charge on any atom is -0.310 e. The van der Waals surface area contributed by atoms with Gasteiger partial charge in [-0.1, -0.05) is 40.5 Å². The number of aromatic nitrogens is 2. The fraction of sp³-hybridized carbons (Fsp3) is 0.765. The lowest BCUT2D eigenvalue weighted by Gasteiger charge is -2.20. The summed E-state index contributed by atoms with van der Waals surface area (Å²) in [6, 6.07) is 2.58. The summed E-state index contributed by atoms with van der Waals surface area (Å²) in [6.45, 7) is 9.87. The average Bonchev–Trinajstić information content (AvgIpc) is 2.91. The van der Waals surface area contributed by atoms with Gasteiger partial charge in [0.2, 0.25) is 0 Å². The Morgan fingerprint density at radius 1 is 1.33 bits per heavy atom. The summed E-state index contributed by atoms with van der Waals surface area (Å²) in [5.74, 6) is 0. The van der Waals surface area contributed by atoms with E-state index in [0.717, 1.165) is 17.7 Å². The number of aryl methyl sites for hydroxylation is 1. The summed E-state index contributed by atoms with van der Waals surface area (Å²) in [7, 11) is 0. The molecule has 1 fully saturated rings. The number of hydrogen-bond acceptors (Lipinski definition) is 3. The van der Waals surface area contributed by atoms with Crippen LogP contribution in [0.4, 0.5) is 0 Å². The third-order valence-electron chi connectivity index (χ3n) is 4.19. The van der Waals surface area contributed by atoms with E-state index >= 15 is 0 Å². The van der Waals surface area contributed by atoms with Gasteiger partial charge in [0.05, 0.1) is 5.69 Å². The molecule has 0 bridgehead atoms. The molecule has 4 heteroatoms. The Morgan fingerprint density at radius 2 is 2.00 bits per heavy atom. The first-order chi connectivity index (χ1) is 9.91. The Hall–Kier alpha value is -1.16. The van der Waals surface area contributed by atoms with E-state index in [-0.39, 0.29) is 11.0 Å². The normalized spacial score (nSPS) is 16.6. The Bertz CT molecular complexity index is 522. The first-order valence-corrected chi connectivity index (χ1v) is 8.26. The second-order valence-electron chi connectivity index (χ2n) is 7.20. The predicted molar refractivity (Wildman–Crippen MR) is 86.6 cm³/mol. The van der Waals surface area contributed by atoms with Crippen LogP contribution >= 0.6 is 0 Å². The van der Waals surface area contributed by atoms with Crippen LogP contribution in [0.25, 0.3) is 0 Å². The van der Waals surface area contributed by atoms with Gasteiger partial charge < -0.3 is 5.32 Å². The van der Waals surface area contributed by atoms with Crippen molar-refractivity contribution in [1.29, 1.82) is 0 Å². The van der Waals surface area contributed by atoms with Crippen LogP contribution in [0.2, 0.25) is 0 Å². The molecular weight excluding hydrogens is 262 g/mol. The van der Waals surface area contributed by atoms with Crippen molar-refractivity contribution in [3.63, 3.8) is 0 Å². The zero-order valence-corrected chi connectivity index (χ0v) is 13.9. The molecule has 1 saturated carbocycles. The van der Waals surface area contributed by atoms with E-state index in [9.17, 15) is 4.79 Å². The number of nitrogens with one attached hydrogen (secondary N) is 1. The van der Waals surface area contributed by atoms with Gasteiger partial charge in [0.15, 0.2) is 0 Å². The fourth-order valence-electron chi connectivity index (χ4n) is 2.84. The van der Waals surface area contributed by atoms with Gasteiger partial charge in [-0.05, 0) is 25.3 Å². The molecule has 1 aliphatic rings. The van der Waals surface area contributed by atoms with Crippen LogP contribution in [0, 0.1) is 0 Å². The predicted octanol–water partition coefficient (Wildman–Crippen LogP) is 2.98. The molecule has 0 unspecified atom stereocenters. The molecule has 0 aliphatic heterocycles. The van der Waals surface area contributed by atoms with Crippen LogP contribution < -0.4 is 10.9 Å². The van der Waals surface area contributed by atoms with E-state index < -0.39 is 0 Å². The highest BCUT2D eigenvalue weighted by Crippen LogP contribution is 2.20. The van der Waals surface area contributed by atoms with E-state index in [1.165, 1.54) is 25.7 Å². The average molecular weight is 291 g/mol. The summed E-state index contributed by atoms with van der Waals surface area (Å²) in [6.07, 6.45) is 6.01. The topological polar surface area (TPSA) is 46.9 Å². The molecule has 1 heterocycles. The largest absolute Gasteiger partial charge is 0.310 e. The van der Waals surface area contributed by atoms with Crippen molar-refractivity contribution in [2.45, 2.75) is 84.3 Å². The van der Waals surface area contributed by atoms with Gasteiger partial charge in [0.25, 0.3) is 5.56 Å². The summed E-state index contributed by atoms with van der Waals surface area (Å²) in [4.78, 5) is 12.5. The molecule has 0 spiro atoms. The second-order valence-corrected chi connectivity index (χ2v) is 7.20. The van der Waals surface area contributed by atoms with Gasteiger partial charge in [-0.3, -0.25) is 4.79 Å². The molecule has 0 saturated heterocycles. The molecule has 0 amide bonds. The van der Waals surface area contributed by atoms with Gasteiger partial charge >= 0.3 is 0 Å². The highest BCUT2D eigenvalue weighted by Gasteiger charge is 2.20. The number of hydrogen-bond donors (Lipinski definition) is 1. The van der Waals surface area contributed by atoms with Crippen molar-refractivity contribution >= 4 is 0 Å². The SMILES string of the molecule is CCCn1nc(C(C)(C)C)cc(CNC2CCCC2)c1=O. The van der Waals surface area contributed by atoms with Gasteiger partial charge in [-0.15, -0.1) is 0 Å². The smallest absolute Gasteiger partial charge is 0.271 e. The molecule has 1 N–H and O–H groups in total. The highest BCUT2D eigenvalue weighted by molar-refractivity contribution is 5.19. The fourth-order valence-corrected chi connectivity index (χ4v) is 2.84. The van der Waals surface area contributed by atoms with Crippen molar-refractivity contribution in [1.82, 2.24) is 15.1 Å². The lowest BCUT2D eigenvalue weighted by Crippen LogP contribution is -2.34. The zero-order chi connectivity index (χ0) is 15.5. The van der Waals surface area contributed by atoms with Crippen molar-refractivity contribution in [2.24, 2.45) is 0 Å². The van der Waals surface area contributed by atoms with Crippen molar-refractivity contribution in [2.75, 3.05) is 0 Å². The molecule has 0 radical (unpaired) electrons. The number of nitrogens with zero attached hydrogens (tertiary/aromatic N) is 2. The van der Waals surface area contributed by atoms with Gasteiger partial charge in [-0.25, -0.2) is 4.68 Å². The lowest BCUT2D eigenvalue weighted by molar-refractivity contribution is 0.479. The third kappa shape index (κ3) is 4.16. The van der Waals surface area contributed by atoms with Crippen LogP contribution in [0.5, 0.6) is 0 Å². The summed E-state index contributed by atoms with van der Waals surface area (Å²) < 4.78 is 1.65. The molecule has 4 nitrogen and oxygen atoms in total. The Kier molecular flexibility index (Phi) is 5.20. The molecular formula is C17H29N3O. The lowest BCUT2D eigenvalue weighted by atomic mass is 9.91. The number of rotatable bonds is 5. The van der Waals surface area contributed by atoms with E-state index in [2.05, 4.69) is 38.1 Å². The minimum atomic E-state index is -0.0364. The van der Waals surface area contributed by atoms with Gasteiger partial charge in [0.1, 0.15) is 0 Å². The van der Waals surface area contributed by atoms with Gasteiger partial charge in [-0.2, -0.15) is 5.10 Å². The molecule has 0 aromatic carbocycles. The first kappa shape index (κ1) is 16.2. The highest BCUT2D eigenvalue weighted by atomic mass is 16.1. The van der Waals surface area contributed by atoms with Crippen LogP contribution in [0.15, 0.2) is 10.9 Å². The molecule has 2 rings (SSSR count). The summed E-state index contributed by atoms with van der Waals surface area (Å²) in [5, 5.41) is 8.10. The minimum absolute atomic E-state index is 0.0364. The Balaban J connectivity index is 2.24. The quantitative estimate of drug-likeness (QED) is 0.907. The monoisotopic (exact) mass is 291 g/mol. The summed E-state index contributed by atoms with van der Waals surface area (Å²) in [5.41, 5.74) is 1.88. The maximum absolute atomic E-state index is 12.5. The van der Waals surface area contributed by atoms with E-state index in [1.54, 1.807) is 4.68 Å². The Morgan fingerprint density at radius 3 is 2.57 bits per heavy atom. The molecule has 1 aromatic heterocycles. The standard InChI is InChI=1S/C17H29N3O/c1-5-10-20-16(21)13(11-15(19-20)17(2,3)4)12-18-14-8-6-7-9-14/h11,14,18H,5-10,12H2,1-4H3. The maximum Gasteiger partial charge on any atom is 0.271 e. The zero-order valence-electron chi connectivity index (χ0n) is 13.9. The van der Waals surface area contributed by atoms with Crippen LogP contribution in [0.3, 0.4) is 0 Å². The van der Waals surface area contributed by atoms with Gasteiger partial charge in [0, 0.05) is 30.1 Å². The van der Waals surface area contributed by atoms with E-state index in [4.69, 9.17) is 0 Å². The van der Waals surface area contributed by atoms with E-state index in [0.29, 0.717) is 19.1 Å². The van der Waals surface area contributed by atoms with Crippen molar-refractivity contribution in [3.8, 4) is 0 Å². The summed E-state index contributed by atoms with van der Waals surface area (Å²) >= 11 is 0. The first-order valence-electron chi connectivity index (χ1n) is 8.26. The molecule has 1 aromatic rings. The maximum atomic E-state index is 12.5. The van der Waals surface area contributed by atoms with Crippen molar-refractivity contribution in [3.05, 3.63) is 27.7 Å². The third-order valence-corrected chi connectivity index (χ3v) is 4.19. The van der Waals surface area contributed by atoms with Crippen LogP contribution in [0.1, 0.15) is 71.1 Å². The van der Waals surface area contributed by atoms with Crippen molar-refractivity contribution < 1.29 is 0 Å². The second kappa shape index (κ2) is 6.73. The molecule has 21 heavy (non-hydrogen) atoms. The molecule has 118 valence electrons. The van der Waals surface area contributed by atoms with Crippen LogP contribution in [-0.4, -0.2) is 15.8 Å². The van der Waals surface area contributed by atoms with Crippen LogP contribution in [-0.2, 0) is 18.5 Å². The Labute approximate surface area is 127 Å². The molecule has 0 atom stereocenters. The molecule has 1 aliphatic carbocycles. The van der Waals surface area contributed by atoms with E-state index in [1.807, 2.05) is 6.07 Å².